The Morgan fingerprint density at radius 1 is 1.36 bits per heavy atom. The van der Waals surface area contributed by atoms with Crippen LogP contribution in [0.4, 0.5) is 0 Å². The number of nitrogens with zero attached hydrogens (tertiary/aromatic N) is 3. The molecule has 0 aliphatic heterocycles. The van der Waals surface area contributed by atoms with Gasteiger partial charge in [0.25, 0.3) is 0 Å². The second kappa shape index (κ2) is 4.26. The quantitative estimate of drug-likeness (QED) is 0.823. The number of hydrogen-bond donors (Lipinski definition) is 1. The number of nitrogens with one attached hydrogen (secondary N) is 1. The molecule has 0 aromatic carbocycles. The molecule has 0 saturated heterocycles. The fraction of sp³-hybridized carbons (Fsp3) is 0.222. The Bertz CT molecular complexity index is 398. The molecule has 0 fully saturated rings. The van der Waals surface area contributed by atoms with Gasteiger partial charge in [-0.1, -0.05) is 0 Å². The second-order valence-corrected chi connectivity index (χ2v) is 3.60. The highest BCUT2D eigenvalue weighted by atomic mass is 32.1. The van der Waals surface area contributed by atoms with Gasteiger partial charge in [-0.25, -0.2) is 15.0 Å². The maximum atomic E-state index is 4.40. The summed E-state index contributed by atoms with van der Waals surface area (Å²) in [6.45, 7) is 0.781. The Labute approximate surface area is 86.1 Å². The average Bonchev–Trinajstić information content (AvgIpc) is 2.68. The molecule has 4 nitrogen and oxygen atoms in total. The molecule has 5 heteroatoms. The van der Waals surface area contributed by atoms with Crippen molar-refractivity contribution in [1.29, 1.82) is 0 Å². The summed E-state index contributed by atoms with van der Waals surface area (Å²) in [5.74, 6) is 0.694. The van der Waals surface area contributed by atoms with Crippen molar-refractivity contribution in [3.05, 3.63) is 29.5 Å². The maximum Gasteiger partial charge on any atom is 0.188 e. The Kier molecular flexibility index (Phi) is 2.81. The molecule has 0 saturated carbocycles. The zero-order valence-corrected chi connectivity index (χ0v) is 8.58. The minimum Gasteiger partial charge on any atom is -0.314 e. The van der Waals surface area contributed by atoms with Gasteiger partial charge in [-0.05, 0) is 13.1 Å². The summed E-state index contributed by atoms with van der Waals surface area (Å²) >= 11 is 1.57. The standard InChI is InChI=1S/C9H10N4S/c1-10-5-7-6-14-9(13-7)8-11-3-2-4-12-8/h2-4,6,10H,5H2,1H3. The van der Waals surface area contributed by atoms with E-state index in [1.165, 1.54) is 0 Å². The van der Waals surface area contributed by atoms with Crippen molar-refractivity contribution in [3.63, 3.8) is 0 Å². The summed E-state index contributed by atoms with van der Waals surface area (Å²) in [5.41, 5.74) is 1.03. The fourth-order valence-corrected chi connectivity index (χ4v) is 1.85. The van der Waals surface area contributed by atoms with Crippen LogP contribution < -0.4 is 5.32 Å². The minimum absolute atomic E-state index is 0.694. The molecule has 0 amide bonds. The first-order valence-electron chi connectivity index (χ1n) is 4.26. The van der Waals surface area contributed by atoms with Crippen molar-refractivity contribution in [3.8, 4) is 10.8 Å². The Balaban J connectivity index is 2.25. The van der Waals surface area contributed by atoms with E-state index in [0.717, 1.165) is 17.2 Å². The van der Waals surface area contributed by atoms with E-state index in [9.17, 15) is 0 Å². The van der Waals surface area contributed by atoms with Crippen LogP contribution in [0.25, 0.3) is 10.8 Å². The van der Waals surface area contributed by atoms with Gasteiger partial charge in [0.05, 0.1) is 5.69 Å². The Hall–Kier alpha value is -1.33. The van der Waals surface area contributed by atoms with Crippen molar-refractivity contribution in [2.75, 3.05) is 7.05 Å². The zero-order valence-electron chi connectivity index (χ0n) is 7.77. The van der Waals surface area contributed by atoms with Gasteiger partial charge in [0.2, 0.25) is 0 Å². The second-order valence-electron chi connectivity index (χ2n) is 2.75. The van der Waals surface area contributed by atoms with Gasteiger partial charge in [-0.2, -0.15) is 0 Å². The normalized spacial score (nSPS) is 10.4. The summed E-state index contributed by atoms with van der Waals surface area (Å²) in [4.78, 5) is 12.7. The van der Waals surface area contributed by atoms with Crippen molar-refractivity contribution in [1.82, 2.24) is 20.3 Å². The zero-order chi connectivity index (χ0) is 9.80. The molecule has 2 rings (SSSR count). The van der Waals surface area contributed by atoms with Crippen molar-refractivity contribution < 1.29 is 0 Å². The lowest BCUT2D eigenvalue weighted by molar-refractivity contribution is 0.798. The van der Waals surface area contributed by atoms with Crippen LogP contribution >= 0.6 is 11.3 Å². The topological polar surface area (TPSA) is 50.7 Å². The van der Waals surface area contributed by atoms with Gasteiger partial charge in [0.15, 0.2) is 10.8 Å². The van der Waals surface area contributed by atoms with E-state index in [1.54, 1.807) is 29.8 Å². The molecular weight excluding hydrogens is 196 g/mol. The van der Waals surface area contributed by atoms with Crippen LogP contribution in [0.2, 0.25) is 0 Å². The molecule has 0 aliphatic rings. The van der Waals surface area contributed by atoms with Gasteiger partial charge >= 0.3 is 0 Å². The number of hydrogen-bond acceptors (Lipinski definition) is 5. The molecule has 14 heavy (non-hydrogen) atoms. The third kappa shape index (κ3) is 1.94. The number of thiazole rings is 1. The van der Waals surface area contributed by atoms with Crippen LogP contribution in [-0.4, -0.2) is 22.0 Å². The first kappa shape index (κ1) is 9.23. The largest absolute Gasteiger partial charge is 0.314 e. The maximum absolute atomic E-state index is 4.40. The van der Waals surface area contributed by atoms with Crippen LogP contribution in [-0.2, 0) is 6.54 Å². The van der Waals surface area contributed by atoms with E-state index in [1.807, 2.05) is 12.4 Å². The Morgan fingerprint density at radius 3 is 2.86 bits per heavy atom. The van der Waals surface area contributed by atoms with E-state index in [-0.39, 0.29) is 0 Å². The summed E-state index contributed by atoms with van der Waals surface area (Å²) in [6.07, 6.45) is 3.45. The van der Waals surface area contributed by atoms with E-state index < -0.39 is 0 Å². The SMILES string of the molecule is CNCc1csc(-c2ncccn2)n1. The van der Waals surface area contributed by atoms with Crippen LogP contribution in [0.1, 0.15) is 5.69 Å². The van der Waals surface area contributed by atoms with Gasteiger partial charge < -0.3 is 5.32 Å². The third-order valence-electron chi connectivity index (χ3n) is 1.67. The molecule has 1 N–H and O–H groups in total. The van der Waals surface area contributed by atoms with Crippen molar-refractivity contribution >= 4 is 11.3 Å². The van der Waals surface area contributed by atoms with Crippen LogP contribution in [0.15, 0.2) is 23.8 Å². The van der Waals surface area contributed by atoms with Gasteiger partial charge in [0.1, 0.15) is 0 Å². The smallest absolute Gasteiger partial charge is 0.188 e. The fourth-order valence-electron chi connectivity index (χ4n) is 1.08. The van der Waals surface area contributed by atoms with Gasteiger partial charge in [-0.3, -0.25) is 0 Å². The monoisotopic (exact) mass is 206 g/mol. The molecule has 2 aromatic rings. The lowest BCUT2D eigenvalue weighted by atomic mass is 10.5. The molecule has 0 bridgehead atoms. The number of aromatic nitrogens is 3. The molecule has 72 valence electrons. The van der Waals surface area contributed by atoms with Crippen molar-refractivity contribution in [2.24, 2.45) is 0 Å². The first-order valence-corrected chi connectivity index (χ1v) is 5.14. The van der Waals surface area contributed by atoms with Gasteiger partial charge in [0, 0.05) is 24.3 Å². The van der Waals surface area contributed by atoms with Crippen LogP contribution in [0.3, 0.4) is 0 Å². The molecule has 0 radical (unpaired) electrons. The van der Waals surface area contributed by atoms with E-state index in [4.69, 9.17) is 0 Å². The molecule has 2 aromatic heterocycles. The molecule has 0 unspecified atom stereocenters. The Morgan fingerprint density at radius 2 is 2.14 bits per heavy atom. The van der Waals surface area contributed by atoms with E-state index in [0.29, 0.717) is 5.82 Å². The van der Waals surface area contributed by atoms with Crippen molar-refractivity contribution in [2.45, 2.75) is 6.54 Å². The van der Waals surface area contributed by atoms with Crippen LogP contribution in [0.5, 0.6) is 0 Å². The highest BCUT2D eigenvalue weighted by Gasteiger charge is 2.05. The summed E-state index contributed by atoms with van der Waals surface area (Å²) in [6, 6.07) is 1.80. The average molecular weight is 206 g/mol. The minimum atomic E-state index is 0.694. The van der Waals surface area contributed by atoms with Crippen LogP contribution in [0, 0.1) is 0 Å². The molecule has 2 heterocycles. The lowest BCUT2D eigenvalue weighted by Gasteiger charge is -1.92. The molecular formula is C9H10N4S. The summed E-state index contributed by atoms with van der Waals surface area (Å²) < 4.78 is 0. The first-order chi connectivity index (χ1) is 6.90. The predicted molar refractivity (Wildman–Crippen MR) is 55.9 cm³/mol. The highest BCUT2D eigenvalue weighted by molar-refractivity contribution is 7.13. The summed E-state index contributed by atoms with van der Waals surface area (Å²) in [5, 5.41) is 5.94. The molecule has 0 spiro atoms. The van der Waals surface area contributed by atoms with Gasteiger partial charge in [-0.15, -0.1) is 11.3 Å². The number of rotatable bonds is 3. The van der Waals surface area contributed by atoms with E-state index >= 15 is 0 Å². The molecule has 0 aliphatic carbocycles. The predicted octanol–water partition coefficient (Wildman–Crippen LogP) is 1.32. The summed E-state index contributed by atoms with van der Waals surface area (Å²) in [7, 11) is 1.90. The molecule has 0 atom stereocenters. The van der Waals surface area contributed by atoms with E-state index in [2.05, 4.69) is 20.3 Å². The third-order valence-corrected chi connectivity index (χ3v) is 2.55. The lowest BCUT2D eigenvalue weighted by Crippen LogP contribution is -2.05. The highest BCUT2D eigenvalue weighted by Crippen LogP contribution is 2.18.